The summed E-state index contributed by atoms with van der Waals surface area (Å²) in [5, 5.41) is 9.81. The van der Waals surface area contributed by atoms with Gasteiger partial charge in [-0.25, -0.2) is 0 Å². The van der Waals surface area contributed by atoms with E-state index in [0.29, 0.717) is 6.42 Å². The third kappa shape index (κ3) is 2.92. The first-order chi connectivity index (χ1) is 7.07. The summed E-state index contributed by atoms with van der Waals surface area (Å²) in [6.45, 7) is 1.90. The van der Waals surface area contributed by atoms with Gasteiger partial charge in [-0.15, -0.1) is 0 Å². The third-order valence-corrected chi connectivity index (χ3v) is 3.30. The maximum atomic E-state index is 11.8. The molecule has 0 bridgehead atoms. The van der Waals surface area contributed by atoms with Crippen LogP contribution in [0, 0.1) is 0 Å². The van der Waals surface area contributed by atoms with Gasteiger partial charge in [0, 0.05) is 7.05 Å². The quantitative estimate of drug-likeness (QED) is 0.718. The lowest BCUT2D eigenvalue weighted by Crippen LogP contribution is -2.51. The minimum Gasteiger partial charge on any atom is -0.391 e. The van der Waals surface area contributed by atoms with E-state index in [-0.39, 0.29) is 18.1 Å². The lowest BCUT2D eigenvalue weighted by Gasteiger charge is -2.36. The van der Waals surface area contributed by atoms with Crippen LogP contribution in [0.1, 0.15) is 39.0 Å². The first kappa shape index (κ1) is 12.5. The van der Waals surface area contributed by atoms with Crippen LogP contribution in [-0.4, -0.2) is 41.1 Å². The minimum absolute atomic E-state index is 0.0381. The maximum absolute atomic E-state index is 11.8. The molecule has 0 spiro atoms. The Bertz CT molecular complexity index is 221. The van der Waals surface area contributed by atoms with Crippen molar-refractivity contribution < 1.29 is 9.90 Å². The zero-order valence-corrected chi connectivity index (χ0v) is 9.65. The van der Waals surface area contributed by atoms with Crippen molar-refractivity contribution in [2.75, 3.05) is 7.05 Å². The predicted molar refractivity (Wildman–Crippen MR) is 59.3 cm³/mol. The van der Waals surface area contributed by atoms with E-state index in [1.54, 1.807) is 11.9 Å². The van der Waals surface area contributed by atoms with Gasteiger partial charge in [0.05, 0.1) is 18.2 Å². The molecule has 1 aliphatic rings. The summed E-state index contributed by atoms with van der Waals surface area (Å²) in [4.78, 5) is 13.4. The molecule has 1 saturated carbocycles. The summed E-state index contributed by atoms with van der Waals surface area (Å²) in [6.07, 6.45) is 4.09. The monoisotopic (exact) mass is 214 g/mol. The van der Waals surface area contributed by atoms with Crippen LogP contribution in [0.25, 0.3) is 0 Å². The zero-order chi connectivity index (χ0) is 11.4. The molecule has 4 nitrogen and oxygen atoms in total. The molecular formula is C11H22N2O2. The van der Waals surface area contributed by atoms with Gasteiger partial charge in [0.25, 0.3) is 0 Å². The number of rotatable bonds is 3. The maximum Gasteiger partial charge on any atom is 0.239 e. The van der Waals surface area contributed by atoms with Crippen molar-refractivity contribution in [3.8, 4) is 0 Å². The van der Waals surface area contributed by atoms with Gasteiger partial charge in [0.2, 0.25) is 5.91 Å². The second-order valence-corrected chi connectivity index (χ2v) is 4.38. The van der Waals surface area contributed by atoms with E-state index in [1.165, 1.54) is 0 Å². The van der Waals surface area contributed by atoms with Gasteiger partial charge in [0.15, 0.2) is 0 Å². The third-order valence-electron chi connectivity index (χ3n) is 3.30. The van der Waals surface area contributed by atoms with Crippen LogP contribution in [0.2, 0.25) is 0 Å². The average molecular weight is 214 g/mol. The molecule has 1 aliphatic carbocycles. The van der Waals surface area contributed by atoms with Crippen LogP contribution in [0.5, 0.6) is 0 Å². The highest BCUT2D eigenvalue weighted by Crippen LogP contribution is 2.22. The molecule has 0 saturated heterocycles. The molecule has 0 aliphatic heterocycles. The van der Waals surface area contributed by atoms with Gasteiger partial charge in [0.1, 0.15) is 0 Å². The van der Waals surface area contributed by atoms with Crippen LogP contribution in [0.4, 0.5) is 0 Å². The Morgan fingerprint density at radius 2 is 2.13 bits per heavy atom. The molecule has 88 valence electrons. The Balaban J connectivity index is 2.57. The number of hydrogen-bond donors (Lipinski definition) is 2. The van der Waals surface area contributed by atoms with E-state index in [9.17, 15) is 9.90 Å². The Morgan fingerprint density at radius 1 is 1.53 bits per heavy atom. The molecule has 4 heteroatoms. The molecule has 3 atom stereocenters. The largest absolute Gasteiger partial charge is 0.391 e. The number of nitrogens with zero attached hydrogens (tertiary/aromatic N) is 1. The Morgan fingerprint density at radius 3 is 2.67 bits per heavy atom. The van der Waals surface area contributed by atoms with Crippen molar-refractivity contribution in [1.82, 2.24) is 4.90 Å². The highest BCUT2D eigenvalue weighted by atomic mass is 16.3. The molecule has 2 unspecified atom stereocenters. The smallest absolute Gasteiger partial charge is 0.239 e. The van der Waals surface area contributed by atoms with E-state index in [2.05, 4.69) is 0 Å². The number of hydrogen-bond acceptors (Lipinski definition) is 3. The van der Waals surface area contributed by atoms with E-state index in [0.717, 1.165) is 25.7 Å². The lowest BCUT2D eigenvalue weighted by atomic mass is 9.91. The van der Waals surface area contributed by atoms with E-state index in [1.807, 2.05) is 6.92 Å². The van der Waals surface area contributed by atoms with Gasteiger partial charge >= 0.3 is 0 Å². The minimum atomic E-state index is -0.427. The van der Waals surface area contributed by atoms with Gasteiger partial charge in [-0.05, 0) is 19.3 Å². The van der Waals surface area contributed by atoms with Gasteiger partial charge < -0.3 is 15.7 Å². The predicted octanol–water partition coefficient (Wildman–Crippen LogP) is 0.486. The summed E-state index contributed by atoms with van der Waals surface area (Å²) in [5.41, 5.74) is 5.70. The highest BCUT2D eigenvalue weighted by molar-refractivity contribution is 5.81. The van der Waals surface area contributed by atoms with Crippen LogP contribution in [-0.2, 0) is 4.79 Å². The number of amides is 1. The molecule has 1 amide bonds. The lowest BCUT2D eigenvalue weighted by molar-refractivity contribution is -0.136. The summed E-state index contributed by atoms with van der Waals surface area (Å²) >= 11 is 0. The summed E-state index contributed by atoms with van der Waals surface area (Å²) in [6, 6.07) is -0.465. The van der Waals surface area contributed by atoms with Crippen LogP contribution >= 0.6 is 0 Å². The van der Waals surface area contributed by atoms with E-state index in [4.69, 9.17) is 5.73 Å². The van der Waals surface area contributed by atoms with E-state index < -0.39 is 6.04 Å². The van der Waals surface area contributed by atoms with Gasteiger partial charge in [-0.1, -0.05) is 19.8 Å². The fourth-order valence-corrected chi connectivity index (χ4v) is 2.14. The van der Waals surface area contributed by atoms with Crippen molar-refractivity contribution in [2.24, 2.45) is 5.73 Å². The fourth-order valence-electron chi connectivity index (χ4n) is 2.14. The molecule has 0 aromatic heterocycles. The van der Waals surface area contributed by atoms with E-state index >= 15 is 0 Å². The average Bonchev–Trinajstić information content (AvgIpc) is 2.26. The molecule has 0 aromatic carbocycles. The molecule has 1 fully saturated rings. The molecule has 3 N–H and O–H groups in total. The van der Waals surface area contributed by atoms with Crippen molar-refractivity contribution in [3.63, 3.8) is 0 Å². The summed E-state index contributed by atoms with van der Waals surface area (Å²) in [7, 11) is 1.75. The van der Waals surface area contributed by atoms with Gasteiger partial charge in [-0.2, -0.15) is 0 Å². The van der Waals surface area contributed by atoms with Gasteiger partial charge in [-0.3, -0.25) is 4.79 Å². The number of likely N-dealkylation sites (N-methyl/N-ethyl adjacent to an activating group) is 1. The molecule has 1 rings (SSSR count). The molecule has 0 radical (unpaired) electrons. The van der Waals surface area contributed by atoms with Crippen molar-refractivity contribution in [3.05, 3.63) is 0 Å². The zero-order valence-electron chi connectivity index (χ0n) is 9.65. The number of aliphatic hydroxyl groups excluding tert-OH is 1. The topological polar surface area (TPSA) is 66.6 Å². The second kappa shape index (κ2) is 5.47. The molecular weight excluding hydrogens is 192 g/mol. The number of aliphatic hydroxyl groups is 1. The number of nitrogens with two attached hydrogens (primary N) is 1. The van der Waals surface area contributed by atoms with Crippen molar-refractivity contribution in [1.29, 1.82) is 0 Å². The first-order valence-electron chi connectivity index (χ1n) is 5.78. The Hall–Kier alpha value is -0.610. The first-order valence-corrected chi connectivity index (χ1v) is 5.78. The van der Waals surface area contributed by atoms with Crippen LogP contribution in [0.3, 0.4) is 0 Å². The number of carbonyl (C=O) groups excluding carboxylic acids is 1. The highest BCUT2D eigenvalue weighted by Gasteiger charge is 2.30. The molecule has 0 heterocycles. The summed E-state index contributed by atoms with van der Waals surface area (Å²) in [5.74, 6) is -0.0524. The van der Waals surface area contributed by atoms with Crippen molar-refractivity contribution >= 4 is 5.91 Å². The summed E-state index contributed by atoms with van der Waals surface area (Å²) < 4.78 is 0. The Labute approximate surface area is 91.4 Å². The normalized spacial score (nSPS) is 28.5. The SMILES string of the molecule is CC[C@H](N)C(=O)N(C)C1CCCCC1O. The second-order valence-electron chi connectivity index (χ2n) is 4.38. The fraction of sp³-hybridized carbons (Fsp3) is 0.909. The number of carbonyl (C=O) groups is 1. The van der Waals surface area contributed by atoms with Crippen LogP contribution in [0.15, 0.2) is 0 Å². The molecule has 0 aromatic rings. The Kier molecular flexibility index (Phi) is 4.54. The van der Waals surface area contributed by atoms with Crippen molar-refractivity contribution in [2.45, 2.75) is 57.2 Å². The van der Waals surface area contributed by atoms with Crippen LogP contribution < -0.4 is 5.73 Å². The molecule has 15 heavy (non-hydrogen) atoms. The standard InChI is InChI=1S/C11H22N2O2/c1-3-8(12)11(15)13(2)9-6-4-5-7-10(9)14/h8-10,14H,3-7,12H2,1-2H3/t8-,9?,10?/m0/s1.